The minimum absolute atomic E-state index is 0.262. The number of aromatic nitrogens is 2. The molecule has 18 heavy (non-hydrogen) atoms. The van der Waals surface area contributed by atoms with Gasteiger partial charge >= 0.3 is 0 Å². The monoisotopic (exact) mass is 261 g/mol. The van der Waals surface area contributed by atoms with Crippen molar-refractivity contribution in [2.75, 3.05) is 6.54 Å². The first-order valence-corrected chi connectivity index (χ1v) is 7.42. The van der Waals surface area contributed by atoms with Crippen LogP contribution in [0.5, 0.6) is 0 Å². The molecule has 1 unspecified atom stereocenters. The van der Waals surface area contributed by atoms with E-state index in [1.807, 2.05) is 17.7 Å². The van der Waals surface area contributed by atoms with Crippen molar-refractivity contribution in [3.8, 4) is 0 Å². The van der Waals surface area contributed by atoms with E-state index >= 15 is 0 Å². The molecule has 0 aromatic carbocycles. The molecular weight excluding hydrogens is 242 g/mol. The van der Waals surface area contributed by atoms with Crippen molar-refractivity contribution in [2.24, 2.45) is 5.73 Å². The second-order valence-corrected chi connectivity index (χ2v) is 6.27. The Labute approximate surface area is 112 Å². The van der Waals surface area contributed by atoms with Crippen molar-refractivity contribution in [3.05, 3.63) is 39.6 Å². The summed E-state index contributed by atoms with van der Waals surface area (Å²) in [4.78, 5) is 7.26. The van der Waals surface area contributed by atoms with E-state index in [0.717, 1.165) is 12.8 Å². The molecule has 2 aromatic rings. The molecule has 3 rings (SSSR count). The molecule has 96 valence electrons. The van der Waals surface area contributed by atoms with Crippen LogP contribution in [0.25, 0.3) is 0 Å². The summed E-state index contributed by atoms with van der Waals surface area (Å²) in [6.45, 7) is 2.79. The zero-order valence-electron chi connectivity index (χ0n) is 10.7. The Bertz CT molecular complexity index is 541. The van der Waals surface area contributed by atoms with Gasteiger partial charge in [0.25, 0.3) is 0 Å². The second kappa shape index (κ2) is 4.86. The summed E-state index contributed by atoms with van der Waals surface area (Å²) in [7, 11) is 0. The molecule has 0 fully saturated rings. The van der Waals surface area contributed by atoms with E-state index in [4.69, 9.17) is 5.73 Å². The molecular formula is C14H19N3S. The zero-order chi connectivity index (χ0) is 12.5. The van der Waals surface area contributed by atoms with Crippen LogP contribution in [-0.2, 0) is 12.8 Å². The van der Waals surface area contributed by atoms with Gasteiger partial charge in [0.05, 0.1) is 18.1 Å². The number of hydrogen-bond acceptors (Lipinski definition) is 3. The smallest absolute Gasteiger partial charge is 0.0958 e. The third-order valence-corrected chi connectivity index (χ3v) is 4.81. The first kappa shape index (κ1) is 11.9. The van der Waals surface area contributed by atoms with E-state index in [9.17, 15) is 0 Å². The van der Waals surface area contributed by atoms with Crippen molar-refractivity contribution in [2.45, 2.75) is 38.6 Å². The number of rotatable bonds is 3. The summed E-state index contributed by atoms with van der Waals surface area (Å²) in [5.41, 5.74) is 8.69. The third-order valence-electron chi connectivity index (χ3n) is 3.71. The lowest BCUT2D eigenvalue weighted by Gasteiger charge is -2.20. The van der Waals surface area contributed by atoms with Gasteiger partial charge in [-0.2, -0.15) is 0 Å². The fraction of sp³-hybridized carbons (Fsp3) is 0.500. The van der Waals surface area contributed by atoms with Gasteiger partial charge in [-0.05, 0) is 44.7 Å². The van der Waals surface area contributed by atoms with Gasteiger partial charge in [0, 0.05) is 22.0 Å². The Kier molecular flexibility index (Phi) is 3.22. The van der Waals surface area contributed by atoms with Crippen molar-refractivity contribution in [1.82, 2.24) is 9.55 Å². The van der Waals surface area contributed by atoms with E-state index in [1.165, 1.54) is 34.0 Å². The largest absolute Gasteiger partial charge is 0.328 e. The van der Waals surface area contributed by atoms with E-state index < -0.39 is 0 Å². The Morgan fingerprint density at radius 1 is 1.39 bits per heavy atom. The van der Waals surface area contributed by atoms with Crippen molar-refractivity contribution >= 4 is 11.3 Å². The maximum atomic E-state index is 6.00. The summed E-state index contributed by atoms with van der Waals surface area (Å²) >= 11 is 1.84. The normalized spacial score (nSPS) is 16.6. The molecule has 1 aliphatic rings. The van der Waals surface area contributed by atoms with E-state index in [0.29, 0.717) is 6.54 Å². The number of fused-ring (bicyclic) bond motifs is 1. The van der Waals surface area contributed by atoms with Gasteiger partial charge in [0.2, 0.25) is 0 Å². The molecule has 0 aliphatic heterocycles. The van der Waals surface area contributed by atoms with E-state index in [2.05, 4.69) is 28.6 Å². The summed E-state index contributed by atoms with van der Waals surface area (Å²) in [5, 5.41) is 0. The Morgan fingerprint density at radius 3 is 2.94 bits per heavy atom. The van der Waals surface area contributed by atoms with Crippen molar-refractivity contribution in [3.63, 3.8) is 0 Å². The lowest BCUT2D eigenvalue weighted by molar-refractivity contribution is 0.553. The van der Waals surface area contributed by atoms with Gasteiger partial charge in [-0.3, -0.25) is 0 Å². The van der Waals surface area contributed by atoms with E-state index in [-0.39, 0.29) is 6.04 Å². The standard InChI is InChI=1S/C14H19N3S/c1-10-6-7-14(18-10)13(8-15)17-9-16-11-4-2-3-5-12(11)17/h6-7,9,13H,2-5,8,15H2,1H3. The number of nitrogens with two attached hydrogens (primary N) is 1. The minimum atomic E-state index is 0.262. The van der Waals surface area contributed by atoms with Crippen LogP contribution in [0.2, 0.25) is 0 Å². The molecule has 0 amide bonds. The number of aryl methyl sites for hydroxylation is 2. The highest BCUT2D eigenvalue weighted by Gasteiger charge is 2.21. The molecule has 2 N–H and O–H groups in total. The number of thiophene rings is 1. The molecule has 0 radical (unpaired) electrons. The number of nitrogens with zero attached hydrogens (tertiary/aromatic N) is 2. The van der Waals surface area contributed by atoms with Crippen molar-refractivity contribution in [1.29, 1.82) is 0 Å². The molecule has 0 saturated carbocycles. The SMILES string of the molecule is Cc1ccc(C(CN)n2cnc3c2CCCC3)s1. The van der Waals surface area contributed by atoms with Gasteiger partial charge in [-0.25, -0.2) is 4.98 Å². The molecule has 0 saturated heterocycles. The minimum Gasteiger partial charge on any atom is -0.328 e. The lowest BCUT2D eigenvalue weighted by atomic mass is 10.0. The summed E-state index contributed by atoms with van der Waals surface area (Å²) in [5.74, 6) is 0. The van der Waals surface area contributed by atoms with Gasteiger partial charge in [-0.15, -0.1) is 11.3 Å². The van der Waals surface area contributed by atoms with Crippen LogP contribution in [0.15, 0.2) is 18.5 Å². The molecule has 1 atom stereocenters. The predicted molar refractivity (Wildman–Crippen MR) is 75.1 cm³/mol. The van der Waals surface area contributed by atoms with Crippen molar-refractivity contribution < 1.29 is 0 Å². The van der Waals surface area contributed by atoms with Crippen LogP contribution in [0.4, 0.5) is 0 Å². The average Bonchev–Trinajstić information content (AvgIpc) is 2.98. The van der Waals surface area contributed by atoms with Crippen LogP contribution in [0.1, 0.15) is 40.0 Å². The van der Waals surface area contributed by atoms with Crippen LogP contribution < -0.4 is 5.73 Å². The van der Waals surface area contributed by atoms with E-state index in [1.54, 1.807) is 0 Å². The summed E-state index contributed by atoms with van der Waals surface area (Å²) in [6, 6.07) is 4.64. The van der Waals surface area contributed by atoms with Crippen LogP contribution >= 0.6 is 11.3 Å². The summed E-state index contributed by atoms with van der Waals surface area (Å²) in [6.07, 6.45) is 6.82. The molecule has 2 heterocycles. The fourth-order valence-electron chi connectivity index (χ4n) is 2.76. The first-order chi connectivity index (χ1) is 8.79. The highest BCUT2D eigenvalue weighted by Crippen LogP contribution is 2.29. The second-order valence-electron chi connectivity index (χ2n) is 4.95. The number of imidazole rings is 1. The van der Waals surface area contributed by atoms with Crippen LogP contribution in [0.3, 0.4) is 0 Å². The van der Waals surface area contributed by atoms with Crippen LogP contribution in [0, 0.1) is 6.92 Å². The highest BCUT2D eigenvalue weighted by atomic mass is 32.1. The topological polar surface area (TPSA) is 43.8 Å². The Balaban J connectivity index is 1.99. The van der Waals surface area contributed by atoms with Gasteiger partial charge in [-0.1, -0.05) is 0 Å². The molecule has 3 nitrogen and oxygen atoms in total. The average molecular weight is 261 g/mol. The molecule has 1 aliphatic carbocycles. The van der Waals surface area contributed by atoms with Gasteiger partial charge in [0.15, 0.2) is 0 Å². The predicted octanol–water partition coefficient (Wildman–Crippen LogP) is 2.68. The first-order valence-electron chi connectivity index (χ1n) is 6.60. The quantitative estimate of drug-likeness (QED) is 0.923. The number of hydrogen-bond donors (Lipinski definition) is 1. The fourth-order valence-corrected chi connectivity index (χ4v) is 3.75. The molecule has 4 heteroatoms. The van der Waals surface area contributed by atoms with Gasteiger partial charge in [0.1, 0.15) is 0 Å². The molecule has 0 spiro atoms. The highest BCUT2D eigenvalue weighted by molar-refractivity contribution is 7.12. The third kappa shape index (κ3) is 1.99. The van der Waals surface area contributed by atoms with Gasteiger partial charge < -0.3 is 10.3 Å². The Morgan fingerprint density at radius 2 is 2.22 bits per heavy atom. The Hall–Kier alpha value is -1.13. The van der Waals surface area contributed by atoms with Crippen LogP contribution in [-0.4, -0.2) is 16.1 Å². The summed E-state index contributed by atoms with van der Waals surface area (Å²) < 4.78 is 2.31. The maximum absolute atomic E-state index is 6.00. The zero-order valence-corrected chi connectivity index (χ0v) is 11.5. The maximum Gasteiger partial charge on any atom is 0.0958 e. The lowest BCUT2D eigenvalue weighted by Crippen LogP contribution is -2.21. The molecule has 0 bridgehead atoms. The molecule has 2 aromatic heterocycles.